The molecule has 19 heavy (non-hydrogen) atoms. The quantitative estimate of drug-likeness (QED) is 0.850. The Kier molecular flexibility index (Phi) is 3.86. The smallest absolute Gasteiger partial charge is 0.182 e. The topological polar surface area (TPSA) is 35.2 Å². The van der Waals surface area contributed by atoms with Gasteiger partial charge >= 0.3 is 0 Å². The lowest BCUT2D eigenvalue weighted by atomic mass is 10.1. The summed E-state index contributed by atoms with van der Waals surface area (Å²) in [6.07, 6.45) is 0. The molecule has 2 N–H and O–H groups in total. The predicted octanol–water partition coefficient (Wildman–Crippen LogP) is 3.67. The van der Waals surface area contributed by atoms with Crippen molar-refractivity contribution < 1.29 is 9.13 Å². The fourth-order valence-corrected chi connectivity index (χ4v) is 1.81. The molecule has 2 nitrogen and oxygen atoms in total. The van der Waals surface area contributed by atoms with Gasteiger partial charge in [0.1, 0.15) is 12.4 Å². The number of hydrogen-bond acceptors (Lipinski definition) is 2. The second-order valence-corrected chi connectivity index (χ2v) is 4.82. The van der Waals surface area contributed by atoms with E-state index >= 15 is 0 Å². The summed E-state index contributed by atoms with van der Waals surface area (Å²) in [5.74, 6) is -1.11. The molecule has 0 fully saturated rings. The minimum absolute atomic E-state index is 0.441. The van der Waals surface area contributed by atoms with E-state index in [-0.39, 0.29) is 0 Å². The van der Waals surface area contributed by atoms with E-state index in [0.29, 0.717) is 17.9 Å². The Hall–Kier alpha value is -1.87. The van der Waals surface area contributed by atoms with E-state index in [4.69, 9.17) is 10.5 Å². The van der Waals surface area contributed by atoms with E-state index in [9.17, 15) is 4.39 Å². The minimum Gasteiger partial charge on any atom is -0.489 e. The van der Waals surface area contributed by atoms with Crippen molar-refractivity contribution in [2.45, 2.75) is 26.2 Å². The van der Waals surface area contributed by atoms with Crippen LogP contribution in [0.5, 0.6) is 5.75 Å². The van der Waals surface area contributed by atoms with Crippen molar-refractivity contribution >= 4 is 0 Å². The van der Waals surface area contributed by atoms with Crippen LogP contribution in [0.4, 0.5) is 4.39 Å². The molecule has 1 unspecified atom stereocenters. The van der Waals surface area contributed by atoms with Gasteiger partial charge in [0.15, 0.2) is 5.79 Å². The van der Waals surface area contributed by atoms with Gasteiger partial charge in [-0.3, -0.25) is 5.73 Å². The Labute approximate surface area is 113 Å². The molecule has 0 aliphatic rings. The molecule has 0 heterocycles. The highest BCUT2D eigenvalue weighted by Gasteiger charge is 2.18. The third-order valence-electron chi connectivity index (χ3n) is 3.07. The molecule has 0 aromatic heterocycles. The van der Waals surface area contributed by atoms with Gasteiger partial charge in [-0.05, 0) is 37.1 Å². The first-order valence-electron chi connectivity index (χ1n) is 6.22. The molecule has 3 heteroatoms. The molecule has 2 rings (SSSR count). The number of hydrogen-bond donors (Lipinski definition) is 1. The fraction of sp³-hybridized carbons (Fsp3) is 0.250. The lowest BCUT2D eigenvalue weighted by Gasteiger charge is -2.15. The normalized spacial score (nSPS) is 13.9. The maximum absolute atomic E-state index is 13.5. The van der Waals surface area contributed by atoms with Crippen LogP contribution < -0.4 is 10.5 Å². The van der Waals surface area contributed by atoms with Gasteiger partial charge < -0.3 is 4.74 Å². The largest absolute Gasteiger partial charge is 0.489 e. The second-order valence-electron chi connectivity index (χ2n) is 4.82. The molecular formula is C16H18FNO. The van der Waals surface area contributed by atoms with Crippen LogP contribution in [-0.2, 0) is 12.4 Å². The standard InChI is InChI=1S/C16H18FNO/c1-12-5-3-4-6-13(12)11-19-15-9-7-14(8-10-15)16(2,17)18/h3-10H,11,18H2,1-2H3. The number of halogens is 1. The molecule has 0 saturated carbocycles. The summed E-state index contributed by atoms with van der Waals surface area (Å²) in [4.78, 5) is 0. The first kappa shape index (κ1) is 13.6. The molecule has 0 aliphatic heterocycles. The van der Waals surface area contributed by atoms with Gasteiger partial charge in [-0.15, -0.1) is 0 Å². The fourth-order valence-electron chi connectivity index (χ4n) is 1.81. The van der Waals surface area contributed by atoms with Gasteiger partial charge in [-0.1, -0.05) is 36.4 Å². The average molecular weight is 259 g/mol. The minimum atomic E-state index is -1.81. The van der Waals surface area contributed by atoms with Crippen molar-refractivity contribution in [1.82, 2.24) is 0 Å². The summed E-state index contributed by atoms with van der Waals surface area (Å²) in [5.41, 5.74) is 8.16. The van der Waals surface area contributed by atoms with Gasteiger partial charge in [-0.25, -0.2) is 4.39 Å². The highest BCUT2D eigenvalue weighted by molar-refractivity contribution is 5.31. The van der Waals surface area contributed by atoms with E-state index in [0.717, 1.165) is 5.56 Å². The van der Waals surface area contributed by atoms with Gasteiger partial charge in [0.05, 0.1) is 0 Å². The number of ether oxygens (including phenoxy) is 1. The lowest BCUT2D eigenvalue weighted by Crippen LogP contribution is -2.26. The molecule has 0 bridgehead atoms. The Balaban J connectivity index is 2.03. The Bertz CT molecular complexity index is 543. The van der Waals surface area contributed by atoms with Crippen molar-refractivity contribution in [1.29, 1.82) is 0 Å². The lowest BCUT2D eigenvalue weighted by molar-refractivity contribution is 0.203. The maximum Gasteiger partial charge on any atom is 0.182 e. The van der Waals surface area contributed by atoms with Crippen molar-refractivity contribution in [2.24, 2.45) is 5.73 Å². The van der Waals surface area contributed by atoms with E-state index in [1.54, 1.807) is 24.3 Å². The number of alkyl halides is 1. The monoisotopic (exact) mass is 259 g/mol. The highest BCUT2D eigenvalue weighted by Crippen LogP contribution is 2.22. The molecule has 1 atom stereocenters. The number of benzene rings is 2. The van der Waals surface area contributed by atoms with Crippen LogP contribution in [0.2, 0.25) is 0 Å². The predicted molar refractivity (Wildman–Crippen MR) is 74.6 cm³/mol. The zero-order valence-electron chi connectivity index (χ0n) is 11.2. The van der Waals surface area contributed by atoms with Gasteiger partial charge in [-0.2, -0.15) is 0 Å². The molecular weight excluding hydrogens is 241 g/mol. The van der Waals surface area contributed by atoms with Crippen molar-refractivity contribution in [2.75, 3.05) is 0 Å². The van der Waals surface area contributed by atoms with Crippen molar-refractivity contribution in [3.63, 3.8) is 0 Å². The molecule has 2 aromatic rings. The van der Waals surface area contributed by atoms with E-state index in [1.807, 2.05) is 31.2 Å². The van der Waals surface area contributed by atoms with Crippen LogP contribution in [0.1, 0.15) is 23.6 Å². The zero-order valence-corrected chi connectivity index (χ0v) is 11.2. The Morgan fingerprint density at radius 3 is 2.32 bits per heavy atom. The summed E-state index contributed by atoms with van der Waals surface area (Å²) < 4.78 is 19.2. The van der Waals surface area contributed by atoms with Gasteiger partial charge in [0.25, 0.3) is 0 Å². The van der Waals surface area contributed by atoms with Crippen LogP contribution in [0.15, 0.2) is 48.5 Å². The first-order chi connectivity index (χ1) is 8.97. The highest BCUT2D eigenvalue weighted by atomic mass is 19.1. The summed E-state index contributed by atoms with van der Waals surface area (Å²) in [5, 5.41) is 0. The molecule has 0 amide bonds. The summed E-state index contributed by atoms with van der Waals surface area (Å²) in [6.45, 7) is 3.88. The van der Waals surface area contributed by atoms with Gasteiger partial charge in [0.2, 0.25) is 0 Å². The average Bonchev–Trinajstić information content (AvgIpc) is 2.37. The van der Waals surface area contributed by atoms with Crippen LogP contribution >= 0.6 is 0 Å². The summed E-state index contributed by atoms with van der Waals surface area (Å²) >= 11 is 0. The second kappa shape index (κ2) is 5.41. The van der Waals surface area contributed by atoms with Gasteiger partial charge in [0, 0.05) is 5.56 Å². The summed E-state index contributed by atoms with van der Waals surface area (Å²) in [7, 11) is 0. The zero-order chi connectivity index (χ0) is 13.9. The maximum atomic E-state index is 13.5. The first-order valence-corrected chi connectivity index (χ1v) is 6.22. The van der Waals surface area contributed by atoms with E-state index < -0.39 is 5.79 Å². The van der Waals surface area contributed by atoms with Crippen molar-refractivity contribution in [3.8, 4) is 5.75 Å². The number of nitrogens with two attached hydrogens (primary N) is 1. The van der Waals surface area contributed by atoms with Crippen LogP contribution in [0.25, 0.3) is 0 Å². The van der Waals surface area contributed by atoms with Crippen LogP contribution in [-0.4, -0.2) is 0 Å². The van der Waals surface area contributed by atoms with E-state index in [2.05, 4.69) is 0 Å². The third-order valence-corrected chi connectivity index (χ3v) is 3.07. The molecule has 0 aliphatic carbocycles. The summed E-state index contributed by atoms with van der Waals surface area (Å²) in [6, 6.07) is 14.8. The molecule has 0 radical (unpaired) electrons. The molecule has 0 saturated heterocycles. The number of aryl methyl sites for hydroxylation is 1. The van der Waals surface area contributed by atoms with Crippen molar-refractivity contribution in [3.05, 3.63) is 65.2 Å². The Morgan fingerprint density at radius 1 is 1.11 bits per heavy atom. The van der Waals surface area contributed by atoms with E-state index in [1.165, 1.54) is 12.5 Å². The number of rotatable bonds is 4. The molecule has 100 valence electrons. The molecule has 0 spiro atoms. The Morgan fingerprint density at radius 2 is 1.74 bits per heavy atom. The third kappa shape index (κ3) is 3.55. The van der Waals surface area contributed by atoms with Crippen LogP contribution in [0, 0.1) is 6.92 Å². The molecule has 2 aromatic carbocycles. The SMILES string of the molecule is Cc1ccccc1COc1ccc(C(C)(N)F)cc1. The van der Waals surface area contributed by atoms with Crippen LogP contribution in [0.3, 0.4) is 0 Å².